The van der Waals surface area contributed by atoms with Gasteiger partial charge in [0.05, 0.1) is 0 Å². The molecule has 0 saturated carbocycles. The Labute approximate surface area is 135 Å². The Balaban J connectivity index is 1.74. The van der Waals surface area contributed by atoms with E-state index in [-0.39, 0.29) is 11.9 Å². The van der Waals surface area contributed by atoms with Crippen LogP contribution in [0.1, 0.15) is 18.5 Å². The minimum Gasteiger partial charge on any atom is -0.457 e. The zero-order valence-corrected chi connectivity index (χ0v) is 12.9. The second kappa shape index (κ2) is 6.97. The van der Waals surface area contributed by atoms with Crippen LogP contribution in [0.4, 0.5) is 10.1 Å². The van der Waals surface area contributed by atoms with Crippen molar-refractivity contribution in [3.8, 4) is 11.5 Å². The summed E-state index contributed by atoms with van der Waals surface area (Å²) in [4.78, 5) is 0. The summed E-state index contributed by atoms with van der Waals surface area (Å²) in [5, 5.41) is 3.44. The summed E-state index contributed by atoms with van der Waals surface area (Å²) in [6.07, 6.45) is 0. The van der Waals surface area contributed by atoms with E-state index in [1.54, 1.807) is 12.1 Å². The molecule has 3 aromatic rings. The van der Waals surface area contributed by atoms with Gasteiger partial charge in [-0.25, -0.2) is 4.39 Å². The van der Waals surface area contributed by atoms with Gasteiger partial charge in [0.25, 0.3) is 0 Å². The first-order valence-corrected chi connectivity index (χ1v) is 7.56. The molecule has 0 bridgehead atoms. The van der Waals surface area contributed by atoms with E-state index in [1.807, 2.05) is 54.6 Å². The predicted octanol–water partition coefficient (Wildman–Crippen LogP) is 5.79. The maximum Gasteiger partial charge on any atom is 0.130 e. The average Bonchev–Trinajstić information content (AvgIpc) is 2.56. The van der Waals surface area contributed by atoms with Gasteiger partial charge in [0.15, 0.2) is 0 Å². The lowest BCUT2D eigenvalue weighted by atomic mass is 10.1. The topological polar surface area (TPSA) is 21.3 Å². The molecule has 3 rings (SSSR count). The van der Waals surface area contributed by atoms with E-state index in [9.17, 15) is 4.39 Å². The van der Waals surface area contributed by atoms with Gasteiger partial charge in [-0.05, 0) is 48.9 Å². The van der Waals surface area contributed by atoms with Crippen molar-refractivity contribution in [2.75, 3.05) is 5.32 Å². The van der Waals surface area contributed by atoms with Gasteiger partial charge in [-0.3, -0.25) is 0 Å². The number of hydrogen-bond donors (Lipinski definition) is 1. The standard InChI is InChI=1S/C20H18FNO/c1-15(22-18-9-3-2-4-10-18)16-7-5-11-19(13-16)23-20-12-6-8-17(21)14-20/h2-15,22H,1H3. The van der Waals surface area contributed by atoms with Gasteiger partial charge in [-0.15, -0.1) is 0 Å². The SMILES string of the molecule is CC(Nc1ccccc1)c1cccc(Oc2cccc(F)c2)c1. The van der Waals surface area contributed by atoms with Crippen molar-refractivity contribution in [1.82, 2.24) is 0 Å². The van der Waals surface area contributed by atoms with Crippen molar-refractivity contribution < 1.29 is 9.13 Å². The fraction of sp³-hybridized carbons (Fsp3) is 0.100. The fourth-order valence-electron chi connectivity index (χ4n) is 2.38. The number of benzene rings is 3. The van der Waals surface area contributed by atoms with Crippen molar-refractivity contribution in [2.24, 2.45) is 0 Å². The van der Waals surface area contributed by atoms with E-state index in [2.05, 4.69) is 12.2 Å². The molecule has 0 heterocycles. The largest absolute Gasteiger partial charge is 0.457 e. The monoisotopic (exact) mass is 307 g/mol. The van der Waals surface area contributed by atoms with Gasteiger partial charge in [0, 0.05) is 17.8 Å². The van der Waals surface area contributed by atoms with Gasteiger partial charge in [0.2, 0.25) is 0 Å². The highest BCUT2D eigenvalue weighted by molar-refractivity contribution is 5.46. The van der Waals surface area contributed by atoms with Crippen molar-refractivity contribution in [3.05, 3.63) is 90.2 Å². The highest BCUT2D eigenvalue weighted by Gasteiger charge is 2.07. The molecule has 3 heteroatoms. The number of anilines is 1. The zero-order chi connectivity index (χ0) is 16.1. The molecule has 0 saturated heterocycles. The molecule has 23 heavy (non-hydrogen) atoms. The third-order valence-electron chi connectivity index (χ3n) is 3.55. The van der Waals surface area contributed by atoms with Crippen LogP contribution in [0.15, 0.2) is 78.9 Å². The second-order valence-electron chi connectivity index (χ2n) is 5.36. The zero-order valence-electron chi connectivity index (χ0n) is 12.9. The molecule has 0 amide bonds. The van der Waals surface area contributed by atoms with Crippen molar-refractivity contribution in [3.63, 3.8) is 0 Å². The average molecular weight is 307 g/mol. The van der Waals surface area contributed by atoms with Crippen LogP contribution in [-0.2, 0) is 0 Å². The molecule has 3 aromatic carbocycles. The quantitative estimate of drug-likeness (QED) is 0.644. The number of ether oxygens (including phenoxy) is 1. The number of nitrogens with one attached hydrogen (secondary N) is 1. The number of halogens is 1. The molecule has 0 radical (unpaired) electrons. The lowest BCUT2D eigenvalue weighted by Crippen LogP contribution is -2.06. The van der Waals surface area contributed by atoms with Gasteiger partial charge in [0.1, 0.15) is 17.3 Å². The van der Waals surface area contributed by atoms with E-state index in [1.165, 1.54) is 12.1 Å². The molecular formula is C20H18FNO. The van der Waals surface area contributed by atoms with Gasteiger partial charge in [-0.2, -0.15) is 0 Å². The molecule has 2 nitrogen and oxygen atoms in total. The van der Waals surface area contributed by atoms with E-state index in [4.69, 9.17) is 4.74 Å². The third kappa shape index (κ3) is 4.10. The van der Waals surface area contributed by atoms with E-state index < -0.39 is 0 Å². The summed E-state index contributed by atoms with van der Waals surface area (Å²) in [5.41, 5.74) is 2.17. The smallest absolute Gasteiger partial charge is 0.130 e. The van der Waals surface area contributed by atoms with Gasteiger partial charge >= 0.3 is 0 Å². The van der Waals surface area contributed by atoms with Gasteiger partial charge < -0.3 is 10.1 Å². The molecule has 1 unspecified atom stereocenters. The number of rotatable bonds is 5. The Hall–Kier alpha value is -2.81. The predicted molar refractivity (Wildman–Crippen MR) is 91.4 cm³/mol. The van der Waals surface area contributed by atoms with Crippen LogP contribution in [0.2, 0.25) is 0 Å². The summed E-state index contributed by atoms with van der Waals surface area (Å²) < 4.78 is 19.0. The van der Waals surface area contributed by atoms with E-state index >= 15 is 0 Å². The molecule has 0 aliphatic carbocycles. The van der Waals surface area contributed by atoms with Crippen molar-refractivity contribution in [2.45, 2.75) is 13.0 Å². The number of hydrogen-bond acceptors (Lipinski definition) is 2. The molecule has 116 valence electrons. The highest BCUT2D eigenvalue weighted by Crippen LogP contribution is 2.26. The third-order valence-corrected chi connectivity index (χ3v) is 3.55. The summed E-state index contributed by atoms with van der Waals surface area (Å²) in [6.45, 7) is 2.09. The second-order valence-corrected chi connectivity index (χ2v) is 5.36. The molecule has 0 fully saturated rings. The molecule has 1 atom stereocenters. The van der Waals surface area contributed by atoms with Crippen molar-refractivity contribution in [1.29, 1.82) is 0 Å². The normalized spacial score (nSPS) is 11.7. The molecule has 0 aliphatic rings. The van der Waals surface area contributed by atoms with Crippen LogP contribution in [0.25, 0.3) is 0 Å². The van der Waals surface area contributed by atoms with E-state index in [0.717, 1.165) is 11.3 Å². The van der Waals surface area contributed by atoms with Crippen LogP contribution in [0.3, 0.4) is 0 Å². The minimum atomic E-state index is -0.308. The van der Waals surface area contributed by atoms with Crippen LogP contribution in [-0.4, -0.2) is 0 Å². The van der Waals surface area contributed by atoms with Crippen LogP contribution < -0.4 is 10.1 Å². The lowest BCUT2D eigenvalue weighted by molar-refractivity contribution is 0.476. The van der Waals surface area contributed by atoms with Gasteiger partial charge in [-0.1, -0.05) is 36.4 Å². The number of para-hydroxylation sites is 1. The fourth-order valence-corrected chi connectivity index (χ4v) is 2.38. The summed E-state index contributed by atoms with van der Waals surface area (Å²) >= 11 is 0. The van der Waals surface area contributed by atoms with Crippen LogP contribution in [0.5, 0.6) is 11.5 Å². The van der Waals surface area contributed by atoms with Crippen LogP contribution >= 0.6 is 0 Å². The summed E-state index contributed by atoms with van der Waals surface area (Å²) in [7, 11) is 0. The maximum atomic E-state index is 13.2. The molecule has 0 aliphatic heterocycles. The first-order chi connectivity index (χ1) is 11.2. The molecular weight excluding hydrogens is 289 g/mol. The lowest BCUT2D eigenvalue weighted by Gasteiger charge is -2.16. The van der Waals surface area contributed by atoms with E-state index in [0.29, 0.717) is 11.5 Å². The summed E-state index contributed by atoms with van der Waals surface area (Å²) in [6, 6.07) is 24.1. The first-order valence-electron chi connectivity index (χ1n) is 7.56. The first kappa shape index (κ1) is 15.1. The molecule has 0 aromatic heterocycles. The Morgan fingerprint density at radius 1 is 0.826 bits per heavy atom. The maximum absolute atomic E-state index is 13.2. The Morgan fingerprint density at radius 3 is 2.26 bits per heavy atom. The Kier molecular flexibility index (Phi) is 4.57. The Bertz CT molecular complexity index is 773. The minimum absolute atomic E-state index is 0.133. The highest BCUT2D eigenvalue weighted by atomic mass is 19.1. The van der Waals surface area contributed by atoms with Crippen molar-refractivity contribution >= 4 is 5.69 Å². The molecule has 0 spiro atoms. The summed E-state index contributed by atoms with van der Waals surface area (Å²) in [5.74, 6) is 0.874. The van der Waals surface area contributed by atoms with Crippen LogP contribution in [0, 0.1) is 5.82 Å². The molecule has 1 N–H and O–H groups in total. The Morgan fingerprint density at radius 2 is 1.52 bits per heavy atom.